The summed E-state index contributed by atoms with van der Waals surface area (Å²) in [6, 6.07) is 7.62. The molecule has 9 heteroatoms. The fraction of sp³-hybridized carbons (Fsp3) is 0.682. The number of halogens is 1. The quantitative estimate of drug-likeness (QED) is 0.180. The second-order valence-corrected chi connectivity index (χ2v) is 10.3. The Labute approximate surface area is 204 Å². The molecule has 0 spiro atoms. The van der Waals surface area contributed by atoms with Crippen LogP contribution in [0, 0.1) is 0 Å². The van der Waals surface area contributed by atoms with Gasteiger partial charge in [0, 0.05) is 31.6 Å². The molecule has 1 aliphatic rings. The van der Waals surface area contributed by atoms with Crippen LogP contribution in [-0.2, 0) is 14.6 Å². The molecule has 0 bridgehead atoms. The highest BCUT2D eigenvalue weighted by Crippen LogP contribution is 2.20. The third-order valence-corrected chi connectivity index (χ3v) is 5.68. The zero-order valence-electron chi connectivity index (χ0n) is 18.9. The van der Waals surface area contributed by atoms with Gasteiger partial charge in [0.1, 0.15) is 15.6 Å². The van der Waals surface area contributed by atoms with Crippen LogP contribution < -0.4 is 15.4 Å². The molecule has 1 saturated carbocycles. The summed E-state index contributed by atoms with van der Waals surface area (Å²) in [6.07, 6.45) is 8.77. The number of rotatable bonds is 11. The molecule has 2 N–H and O–H groups in total. The Kier molecular flexibility index (Phi) is 13.4. The third kappa shape index (κ3) is 13.2. The minimum Gasteiger partial charge on any atom is -0.491 e. The minimum atomic E-state index is -3.03. The summed E-state index contributed by atoms with van der Waals surface area (Å²) in [5, 5.41) is 6.33. The lowest BCUT2D eigenvalue weighted by atomic mass is 9.98. The van der Waals surface area contributed by atoms with Crippen LogP contribution in [-0.4, -0.2) is 58.3 Å². The number of sulfone groups is 1. The van der Waals surface area contributed by atoms with E-state index in [0.29, 0.717) is 31.8 Å². The zero-order valence-corrected chi connectivity index (χ0v) is 22.1. The lowest BCUT2D eigenvalue weighted by Crippen LogP contribution is -2.34. The van der Waals surface area contributed by atoms with Gasteiger partial charge >= 0.3 is 0 Å². The molecule has 0 aromatic heterocycles. The van der Waals surface area contributed by atoms with E-state index >= 15 is 0 Å². The van der Waals surface area contributed by atoms with E-state index in [1.54, 1.807) is 0 Å². The van der Waals surface area contributed by atoms with Crippen molar-refractivity contribution in [2.45, 2.75) is 64.6 Å². The van der Waals surface area contributed by atoms with Crippen molar-refractivity contribution in [2.24, 2.45) is 4.99 Å². The van der Waals surface area contributed by atoms with Crippen molar-refractivity contribution in [3.05, 3.63) is 24.3 Å². The molecule has 2 rings (SSSR count). The highest BCUT2D eigenvalue weighted by atomic mass is 127. The Morgan fingerprint density at radius 3 is 2.45 bits per heavy atom. The summed E-state index contributed by atoms with van der Waals surface area (Å²) >= 11 is 0. The predicted octanol–water partition coefficient (Wildman–Crippen LogP) is 4.23. The average Bonchev–Trinajstić information content (AvgIpc) is 2.68. The molecule has 0 aliphatic heterocycles. The maximum Gasteiger partial charge on any atom is 0.195 e. The zero-order chi connectivity index (χ0) is 21.8. The maximum atomic E-state index is 11.4. The highest BCUT2D eigenvalue weighted by molar-refractivity contribution is 14.0. The van der Waals surface area contributed by atoms with Crippen LogP contribution in [0.15, 0.2) is 29.3 Å². The molecule has 1 aromatic carbocycles. The van der Waals surface area contributed by atoms with Gasteiger partial charge in [0.15, 0.2) is 5.96 Å². The first kappa shape index (κ1) is 28.0. The Morgan fingerprint density at radius 1 is 1.16 bits per heavy atom. The fourth-order valence-corrected chi connectivity index (χ4v) is 3.73. The van der Waals surface area contributed by atoms with Crippen molar-refractivity contribution in [3.63, 3.8) is 0 Å². The van der Waals surface area contributed by atoms with Crippen molar-refractivity contribution in [2.75, 3.05) is 37.0 Å². The fourth-order valence-electron chi connectivity index (χ4n) is 3.26. The van der Waals surface area contributed by atoms with E-state index in [4.69, 9.17) is 9.47 Å². The molecule has 0 atom stereocenters. The summed E-state index contributed by atoms with van der Waals surface area (Å²) in [4.78, 5) is 4.58. The molecule has 1 aliphatic carbocycles. The standard InChI is InChI=1S/C22H37N3O4S.HI/c1-18(2)29-21-12-10-19(11-13-21)25-22(24-15-17-30(3,26)27)23-14-7-16-28-20-8-5-4-6-9-20;/h10-13,18,20H,4-9,14-17H2,1-3H3,(H2,23,24,25);1H. The van der Waals surface area contributed by atoms with Gasteiger partial charge in [-0.15, -0.1) is 24.0 Å². The van der Waals surface area contributed by atoms with Gasteiger partial charge in [-0.3, -0.25) is 4.99 Å². The van der Waals surface area contributed by atoms with E-state index < -0.39 is 9.84 Å². The van der Waals surface area contributed by atoms with Crippen molar-refractivity contribution < 1.29 is 17.9 Å². The number of anilines is 1. The second-order valence-electron chi connectivity index (χ2n) is 8.09. The molecule has 31 heavy (non-hydrogen) atoms. The van der Waals surface area contributed by atoms with Gasteiger partial charge in [-0.2, -0.15) is 0 Å². The van der Waals surface area contributed by atoms with Gasteiger partial charge in [-0.1, -0.05) is 19.3 Å². The van der Waals surface area contributed by atoms with E-state index in [1.807, 2.05) is 38.1 Å². The van der Waals surface area contributed by atoms with Crippen LogP contribution in [0.2, 0.25) is 0 Å². The number of hydrogen-bond acceptors (Lipinski definition) is 5. The smallest absolute Gasteiger partial charge is 0.195 e. The van der Waals surface area contributed by atoms with Gasteiger partial charge in [-0.05, 0) is 57.4 Å². The van der Waals surface area contributed by atoms with E-state index in [0.717, 1.165) is 17.9 Å². The molecular formula is C22H38IN3O4S. The largest absolute Gasteiger partial charge is 0.491 e. The molecule has 0 radical (unpaired) electrons. The average molecular weight is 568 g/mol. The molecule has 178 valence electrons. The minimum absolute atomic E-state index is 0. The molecule has 0 amide bonds. The molecule has 0 heterocycles. The van der Waals surface area contributed by atoms with Crippen LogP contribution >= 0.6 is 24.0 Å². The van der Waals surface area contributed by atoms with Gasteiger partial charge in [-0.25, -0.2) is 8.42 Å². The van der Waals surface area contributed by atoms with E-state index in [-0.39, 0.29) is 35.8 Å². The summed E-state index contributed by atoms with van der Waals surface area (Å²) in [7, 11) is -3.03. The van der Waals surface area contributed by atoms with Gasteiger partial charge in [0.2, 0.25) is 0 Å². The van der Waals surface area contributed by atoms with Gasteiger partial charge in [0.05, 0.1) is 18.0 Å². The van der Waals surface area contributed by atoms with Crippen LogP contribution in [0.4, 0.5) is 5.69 Å². The normalized spacial score (nSPS) is 15.4. The summed E-state index contributed by atoms with van der Waals surface area (Å²) < 4.78 is 34.4. The maximum absolute atomic E-state index is 11.4. The Balaban J connectivity index is 0.00000480. The summed E-state index contributed by atoms with van der Waals surface area (Å²) in [6.45, 7) is 5.58. The number of ether oxygens (including phenoxy) is 2. The van der Waals surface area contributed by atoms with Crippen molar-refractivity contribution >= 4 is 45.5 Å². The number of hydrogen-bond donors (Lipinski definition) is 2. The van der Waals surface area contributed by atoms with Crippen molar-refractivity contribution in [3.8, 4) is 5.75 Å². The monoisotopic (exact) mass is 567 g/mol. The number of aliphatic imine (C=N–C) groups is 1. The Morgan fingerprint density at radius 2 is 1.84 bits per heavy atom. The number of nitrogens with one attached hydrogen (secondary N) is 2. The SMILES string of the molecule is CC(C)Oc1ccc(NC(=NCCCOC2CCCCC2)NCCS(C)(=O)=O)cc1.I. The Bertz CT molecular complexity index is 749. The second kappa shape index (κ2) is 14.9. The molecule has 0 unspecified atom stereocenters. The molecular weight excluding hydrogens is 529 g/mol. The van der Waals surface area contributed by atoms with Crippen LogP contribution in [0.25, 0.3) is 0 Å². The first-order chi connectivity index (χ1) is 14.3. The molecule has 1 fully saturated rings. The van der Waals surface area contributed by atoms with E-state index in [9.17, 15) is 8.42 Å². The molecule has 1 aromatic rings. The number of benzene rings is 1. The van der Waals surface area contributed by atoms with E-state index in [1.165, 1.54) is 38.4 Å². The lowest BCUT2D eigenvalue weighted by molar-refractivity contribution is 0.0281. The van der Waals surface area contributed by atoms with Crippen LogP contribution in [0.1, 0.15) is 52.4 Å². The summed E-state index contributed by atoms with van der Waals surface area (Å²) in [5.74, 6) is 1.42. The number of guanidine groups is 1. The predicted molar refractivity (Wildman–Crippen MR) is 139 cm³/mol. The molecule has 7 nitrogen and oxygen atoms in total. The van der Waals surface area contributed by atoms with Crippen LogP contribution in [0.3, 0.4) is 0 Å². The first-order valence-corrected chi connectivity index (χ1v) is 13.0. The Hall–Kier alpha value is -1.07. The topological polar surface area (TPSA) is 89.0 Å². The summed E-state index contributed by atoms with van der Waals surface area (Å²) in [5.41, 5.74) is 0.857. The van der Waals surface area contributed by atoms with Crippen molar-refractivity contribution in [1.82, 2.24) is 5.32 Å². The number of nitrogens with zero attached hydrogens (tertiary/aromatic N) is 1. The molecule has 0 saturated heterocycles. The first-order valence-electron chi connectivity index (χ1n) is 10.9. The lowest BCUT2D eigenvalue weighted by Gasteiger charge is -2.21. The van der Waals surface area contributed by atoms with E-state index in [2.05, 4.69) is 15.6 Å². The van der Waals surface area contributed by atoms with Gasteiger partial charge < -0.3 is 20.1 Å². The third-order valence-electron chi connectivity index (χ3n) is 4.73. The van der Waals surface area contributed by atoms with Crippen molar-refractivity contribution in [1.29, 1.82) is 0 Å². The van der Waals surface area contributed by atoms with Crippen LogP contribution in [0.5, 0.6) is 5.75 Å². The van der Waals surface area contributed by atoms with Gasteiger partial charge in [0.25, 0.3) is 0 Å². The highest BCUT2D eigenvalue weighted by Gasteiger charge is 2.13.